The molecule has 1 heterocycles. The monoisotopic (exact) mass is 324 g/mol. The van der Waals surface area contributed by atoms with Gasteiger partial charge in [0, 0.05) is 29.2 Å². The van der Waals surface area contributed by atoms with E-state index in [1.165, 1.54) is 12.1 Å². The van der Waals surface area contributed by atoms with Crippen LogP contribution in [0, 0.1) is 0 Å². The number of rotatable bonds is 5. The summed E-state index contributed by atoms with van der Waals surface area (Å²) in [6.07, 6.45) is -3.49. The topological polar surface area (TPSA) is 57.2 Å². The molecule has 2 atom stereocenters. The third kappa shape index (κ3) is 5.37. The number of nitrogens with one attached hydrogen (secondary N) is 1. The van der Waals surface area contributed by atoms with Crippen LogP contribution < -0.4 is 9.46 Å². The Morgan fingerprint density at radius 3 is 2.33 bits per heavy atom. The first kappa shape index (κ1) is 18.1. The standard InChI is InChI=1S/C13H19F3N2O2S/c1-5-20-10-7-6-9(8-17-10)11(13(14,15)16)18-21(19)12(2,3)4/h6-8,11,18H,5H2,1-4H3/t11-,21+/m1/s1. The molecule has 0 bridgehead atoms. The Hall–Kier alpha value is -0.990. The lowest BCUT2D eigenvalue weighted by molar-refractivity contribution is -0.153. The molecule has 1 aromatic heterocycles. The normalized spacial score (nSPS) is 15.6. The Labute approximate surface area is 125 Å². The second-order valence-corrected chi connectivity index (χ2v) is 7.33. The zero-order valence-electron chi connectivity index (χ0n) is 12.3. The van der Waals surface area contributed by atoms with Gasteiger partial charge in [0.25, 0.3) is 0 Å². The molecule has 0 fully saturated rings. The molecule has 0 aliphatic heterocycles. The third-order valence-electron chi connectivity index (χ3n) is 2.49. The Bertz CT molecular complexity index is 446. The maximum atomic E-state index is 13.1. The van der Waals surface area contributed by atoms with Gasteiger partial charge >= 0.3 is 6.18 Å². The molecule has 0 saturated carbocycles. The molecular weight excluding hydrogens is 305 g/mol. The van der Waals surface area contributed by atoms with Gasteiger partial charge in [-0.2, -0.15) is 13.2 Å². The maximum absolute atomic E-state index is 13.1. The van der Waals surface area contributed by atoms with Gasteiger partial charge in [0.15, 0.2) is 6.04 Å². The van der Waals surface area contributed by atoms with Crippen molar-refractivity contribution in [3.63, 3.8) is 0 Å². The SMILES string of the molecule is CCOc1ccc([C@@H](N[S@@+]([O-])C(C)(C)C)C(F)(F)F)cn1. The second kappa shape index (κ2) is 6.85. The first-order valence-electron chi connectivity index (χ1n) is 6.39. The van der Waals surface area contributed by atoms with E-state index in [2.05, 4.69) is 9.71 Å². The van der Waals surface area contributed by atoms with Crippen LogP contribution in [-0.2, 0) is 11.4 Å². The number of aromatic nitrogens is 1. The number of hydrogen-bond acceptors (Lipinski definition) is 4. The highest BCUT2D eigenvalue weighted by Gasteiger charge is 2.45. The Balaban J connectivity index is 2.98. The highest BCUT2D eigenvalue weighted by Crippen LogP contribution is 2.34. The molecule has 0 unspecified atom stereocenters. The molecule has 0 aliphatic rings. The van der Waals surface area contributed by atoms with Crippen LogP contribution in [0.4, 0.5) is 13.2 Å². The summed E-state index contributed by atoms with van der Waals surface area (Å²) in [5.41, 5.74) is -0.108. The molecule has 0 spiro atoms. The lowest BCUT2D eigenvalue weighted by atomic mass is 10.1. The Kier molecular flexibility index (Phi) is 5.89. The lowest BCUT2D eigenvalue weighted by Crippen LogP contribution is -2.45. The van der Waals surface area contributed by atoms with Crippen molar-refractivity contribution in [2.45, 2.75) is 44.7 Å². The van der Waals surface area contributed by atoms with E-state index in [0.717, 1.165) is 6.20 Å². The van der Waals surface area contributed by atoms with Crippen LogP contribution in [0.3, 0.4) is 0 Å². The first-order valence-corrected chi connectivity index (χ1v) is 7.54. The summed E-state index contributed by atoms with van der Waals surface area (Å²) < 4.78 is 57.8. The van der Waals surface area contributed by atoms with Crippen molar-refractivity contribution < 1.29 is 22.5 Å². The van der Waals surface area contributed by atoms with Crippen molar-refractivity contribution >= 4 is 11.4 Å². The van der Waals surface area contributed by atoms with Crippen molar-refractivity contribution in [1.29, 1.82) is 0 Å². The molecule has 120 valence electrons. The molecule has 0 radical (unpaired) electrons. The zero-order valence-corrected chi connectivity index (χ0v) is 13.1. The van der Waals surface area contributed by atoms with Gasteiger partial charge in [0.2, 0.25) is 5.88 Å². The van der Waals surface area contributed by atoms with E-state index in [1.54, 1.807) is 27.7 Å². The molecule has 4 nitrogen and oxygen atoms in total. The van der Waals surface area contributed by atoms with E-state index < -0.39 is 28.3 Å². The number of alkyl halides is 3. The minimum Gasteiger partial charge on any atom is -0.598 e. The highest BCUT2D eigenvalue weighted by atomic mass is 32.2. The van der Waals surface area contributed by atoms with E-state index in [-0.39, 0.29) is 11.4 Å². The highest BCUT2D eigenvalue weighted by molar-refractivity contribution is 7.90. The van der Waals surface area contributed by atoms with E-state index in [1.807, 2.05) is 0 Å². The van der Waals surface area contributed by atoms with E-state index in [4.69, 9.17) is 4.74 Å². The molecule has 1 aromatic rings. The van der Waals surface area contributed by atoms with Crippen LogP contribution in [0.5, 0.6) is 5.88 Å². The predicted octanol–water partition coefficient (Wildman–Crippen LogP) is 3.14. The minimum absolute atomic E-state index is 0.108. The van der Waals surface area contributed by atoms with Crippen molar-refractivity contribution in [2.75, 3.05) is 6.61 Å². The van der Waals surface area contributed by atoms with Crippen LogP contribution in [-0.4, -0.2) is 27.1 Å². The molecule has 21 heavy (non-hydrogen) atoms. The zero-order chi connectivity index (χ0) is 16.3. The van der Waals surface area contributed by atoms with E-state index in [9.17, 15) is 17.7 Å². The molecule has 1 N–H and O–H groups in total. The summed E-state index contributed by atoms with van der Waals surface area (Å²) in [6, 6.07) is 0.586. The molecule has 0 aromatic carbocycles. The molecule has 0 aliphatic carbocycles. The van der Waals surface area contributed by atoms with Gasteiger partial charge in [0.05, 0.1) is 6.61 Å². The van der Waals surface area contributed by atoms with Crippen molar-refractivity contribution in [3.05, 3.63) is 23.9 Å². The second-order valence-electron chi connectivity index (χ2n) is 5.34. The van der Waals surface area contributed by atoms with Gasteiger partial charge in [-0.1, -0.05) is 6.07 Å². The van der Waals surface area contributed by atoms with Gasteiger partial charge in [-0.15, -0.1) is 4.72 Å². The smallest absolute Gasteiger partial charge is 0.412 e. The van der Waals surface area contributed by atoms with Crippen molar-refractivity contribution in [2.24, 2.45) is 0 Å². The lowest BCUT2D eigenvalue weighted by Gasteiger charge is -2.29. The molecule has 8 heteroatoms. The van der Waals surface area contributed by atoms with Crippen molar-refractivity contribution in [3.8, 4) is 5.88 Å². The van der Waals surface area contributed by atoms with Gasteiger partial charge in [-0.05, 0) is 27.7 Å². The summed E-state index contributed by atoms with van der Waals surface area (Å²) in [6.45, 7) is 6.92. The summed E-state index contributed by atoms with van der Waals surface area (Å²) in [4.78, 5) is 3.81. The van der Waals surface area contributed by atoms with Gasteiger partial charge < -0.3 is 9.29 Å². The minimum atomic E-state index is -4.57. The van der Waals surface area contributed by atoms with E-state index >= 15 is 0 Å². The molecular formula is C13H19F3N2O2S. The first-order chi connectivity index (χ1) is 9.55. The number of halogens is 3. The summed E-state index contributed by atoms with van der Waals surface area (Å²) in [5.74, 6) is 0.249. The Morgan fingerprint density at radius 2 is 1.95 bits per heavy atom. The number of pyridine rings is 1. The van der Waals surface area contributed by atoms with Crippen LogP contribution in [0.2, 0.25) is 0 Å². The predicted molar refractivity (Wildman–Crippen MR) is 75.2 cm³/mol. The number of hydrogen-bond donors (Lipinski definition) is 1. The van der Waals surface area contributed by atoms with Crippen LogP contribution in [0.1, 0.15) is 39.3 Å². The molecule has 1 rings (SSSR count). The van der Waals surface area contributed by atoms with Crippen LogP contribution >= 0.6 is 0 Å². The molecule has 0 amide bonds. The number of nitrogens with zero attached hydrogens (tertiary/aromatic N) is 1. The quantitative estimate of drug-likeness (QED) is 0.846. The maximum Gasteiger partial charge on any atom is 0.412 e. The van der Waals surface area contributed by atoms with E-state index in [0.29, 0.717) is 6.61 Å². The van der Waals surface area contributed by atoms with Crippen LogP contribution in [0.25, 0.3) is 0 Å². The number of ether oxygens (including phenoxy) is 1. The third-order valence-corrected chi connectivity index (χ3v) is 4.06. The Morgan fingerprint density at radius 1 is 1.33 bits per heavy atom. The summed E-state index contributed by atoms with van der Waals surface area (Å²) in [7, 11) is 0. The summed E-state index contributed by atoms with van der Waals surface area (Å²) >= 11 is -1.85. The van der Waals surface area contributed by atoms with Gasteiger partial charge in [-0.3, -0.25) is 0 Å². The van der Waals surface area contributed by atoms with Gasteiger partial charge in [-0.25, -0.2) is 4.98 Å². The van der Waals surface area contributed by atoms with Crippen molar-refractivity contribution in [1.82, 2.24) is 9.71 Å². The fourth-order valence-corrected chi connectivity index (χ4v) is 2.24. The fourth-order valence-electron chi connectivity index (χ4n) is 1.40. The van der Waals surface area contributed by atoms with Crippen LogP contribution in [0.15, 0.2) is 18.3 Å². The van der Waals surface area contributed by atoms with Gasteiger partial charge in [0.1, 0.15) is 4.75 Å². The largest absolute Gasteiger partial charge is 0.598 e. The average Bonchev–Trinajstić information content (AvgIpc) is 2.34. The average molecular weight is 324 g/mol. The fraction of sp³-hybridized carbons (Fsp3) is 0.615. The molecule has 0 saturated heterocycles. The summed E-state index contributed by atoms with van der Waals surface area (Å²) in [5, 5.41) is 0.